The van der Waals surface area contributed by atoms with Gasteiger partial charge in [0.25, 0.3) is 0 Å². The summed E-state index contributed by atoms with van der Waals surface area (Å²) in [5.74, 6) is 0.664. The number of nitrogens with zero attached hydrogens (tertiary/aromatic N) is 1. The Morgan fingerprint density at radius 2 is 1.90 bits per heavy atom. The van der Waals surface area contributed by atoms with E-state index < -0.39 is 0 Å². The summed E-state index contributed by atoms with van der Waals surface area (Å²) < 4.78 is 5.27. The Bertz CT molecular complexity index is 711. The van der Waals surface area contributed by atoms with E-state index in [0.717, 1.165) is 23.0 Å². The fourth-order valence-corrected chi connectivity index (χ4v) is 2.22. The number of fused-ring (bicyclic) bond motifs is 1. The number of methoxy groups -OCH3 is 1. The van der Waals surface area contributed by atoms with Crippen molar-refractivity contribution in [3.63, 3.8) is 0 Å². The highest BCUT2D eigenvalue weighted by Gasteiger charge is 2.03. The number of ether oxygens (including phenoxy) is 1. The van der Waals surface area contributed by atoms with E-state index in [4.69, 9.17) is 4.74 Å². The second kappa shape index (κ2) is 5.61. The second-order valence-corrected chi connectivity index (χ2v) is 4.60. The van der Waals surface area contributed by atoms with Crippen molar-refractivity contribution in [2.75, 3.05) is 12.4 Å². The third-order valence-electron chi connectivity index (χ3n) is 3.26. The van der Waals surface area contributed by atoms with E-state index in [0.29, 0.717) is 5.88 Å². The van der Waals surface area contributed by atoms with Gasteiger partial charge in [0.05, 0.1) is 7.11 Å². The summed E-state index contributed by atoms with van der Waals surface area (Å²) in [5, 5.41) is 5.58. The predicted molar refractivity (Wildman–Crippen MR) is 82.1 cm³/mol. The number of aromatic nitrogens is 1. The largest absolute Gasteiger partial charge is 0.481 e. The number of hydrogen-bond donors (Lipinski definition) is 1. The van der Waals surface area contributed by atoms with Crippen LogP contribution < -0.4 is 10.1 Å². The van der Waals surface area contributed by atoms with Gasteiger partial charge in [-0.15, -0.1) is 0 Å². The van der Waals surface area contributed by atoms with Crippen LogP contribution in [0.5, 0.6) is 5.88 Å². The fourth-order valence-electron chi connectivity index (χ4n) is 2.22. The third kappa shape index (κ3) is 2.57. The molecule has 1 aromatic heterocycles. The summed E-state index contributed by atoms with van der Waals surface area (Å²) in [4.78, 5) is 4.21. The first-order valence-electron chi connectivity index (χ1n) is 6.57. The molecule has 0 unspecified atom stereocenters. The summed E-state index contributed by atoms with van der Waals surface area (Å²) in [6.45, 7) is 0.814. The van der Waals surface area contributed by atoms with Crippen LogP contribution in [0.4, 0.5) is 5.69 Å². The zero-order valence-electron chi connectivity index (χ0n) is 11.3. The van der Waals surface area contributed by atoms with E-state index in [9.17, 15) is 0 Å². The number of nitrogens with one attached hydrogen (secondary N) is 1. The van der Waals surface area contributed by atoms with Gasteiger partial charge in [-0.2, -0.15) is 0 Å². The topological polar surface area (TPSA) is 34.1 Å². The molecule has 0 atom stereocenters. The van der Waals surface area contributed by atoms with Crippen molar-refractivity contribution in [3.8, 4) is 5.88 Å². The molecule has 0 aliphatic carbocycles. The van der Waals surface area contributed by atoms with E-state index in [2.05, 4.69) is 34.6 Å². The number of pyridine rings is 1. The molecule has 0 spiro atoms. The van der Waals surface area contributed by atoms with Crippen LogP contribution in [0.25, 0.3) is 10.8 Å². The minimum atomic E-state index is 0.664. The Morgan fingerprint density at radius 1 is 1.05 bits per heavy atom. The van der Waals surface area contributed by atoms with Gasteiger partial charge in [0, 0.05) is 23.8 Å². The smallest absolute Gasteiger partial charge is 0.221 e. The summed E-state index contributed by atoms with van der Waals surface area (Å²) in [7, 11) is 1.64. The van der Waals surface area contributed by atoms with Crippen molar-refractivity contribution in [3.05, 3.63) is 66.4 Å². The van der Waals surface area contributed by atoms with E-state index in [1.54, 1.807) is 13.3 Å². The van der Waals surface area contributed by atoms with Gasteiger partial charge < -0.3 is 10.1 Å². The minimum absolute atomic E-state index is 0.664. The molecule has 0 aliphatic rings. The Balaban J connectivity index is 1.83. The number of anilines is 1. The quantitative estimate of drug-likeness (QED) is 0.777. The molecule has 20 heavy (non-hydrogen) atoms. The molecule has 0 aliphatic heterocycles. The summed E-state index contributed by atoms with van der Waals surface area (Å²) >= 11 is 0. The minimum Gasteiger partial charge on any atom is -0.481 e. The second-order valence-electron chi connectivity index (χ2n) is 4.60. The zero-order valence-corrected chi connectivity index (χ0v) is 11.3. The molecule has 0 radical (unpaired) electrons. The lowest BCUT2D eigenvalue weighted by Crippen LogP contribution is -1.99. The molecular weight excluding hydrogens is 248 g/mol. The Kier molecular flexibility index (Phi) is 3.50. The van der Waals surface area contributed by atoms with Gasteiger partial charge in [-0.05, 0) is 35.2 Å². The van der Waals surface area contributed by atoms with Crippen LogP contribution in [0, 0.1) is 0 Å². The van der Waals surface area contributed by atoms with Gasteiger partial charge in [-0.25, -0.2) is 4.98 Å². The van der Waals surface area contributed by atoms with E-state index in [1.165, 1.54) is 5.56 Å². The number of hydrogen-bond acceptors (Lipinski definition) is 3. The number of rotatable bonds is 4. The van der Waals surface area contributed by atoms with Crippen molar-refractivity contribution in [1.82, 2.24) is 4.98 Å². The van der Waals surface area contributed by atoms with Crippen LogP contribution in [0.3, 0.4) is 0 Å². The van der Waals surface area contributed by atoms with Gasteiger partial charge in [-0.1, -0.05) is 30.3 Å². The van der Waals surface area contributed by atoms with Gasteiger partial charge in [0.1, 0.15) is 0 Å². The predicted octanol–water partition coefficient (Wildman–Crippen LogP) is 3.86. The number of benzene rings is 2. The lowest BCUT2D eigenvalue weighted by molar-refractivity contribution is 0.403. The summed E-state index contributed by atoms with van der Waals surface area (Å²) in [6.07, 6.45) is 1.77. The molecule has 3 nitrogen and oxygen atoms in total. The first-order valence-corrected chi connectivity index (χ1v) is 6.57. The Labute approximate surface area is 118 Å². The molecular formula is C17H16N2O. The maximum absolute atomic E-state index is 5.27. The highest BCUT2D eigenvalue weighted by Crippen LogP contribution is 2.25. The average Bonchev–Trinajstić information content (AvgIpc) is 2.53. The molecule has 0 amide bonds. The van der Waals surface area contributed by atoms with Gasteiger partial charge in [0.2, 0.25) is 5.88 Å². The normalized spacial score (nSPS) is 10.4. The lowest BCUT2D eigenvalue weighted by atomic mass is 10.1. The maximum atomic E-state index is 5.27. The summed E-state index contributed by atoms with van der Waals surface area (Å²) in [6, 6.07) is 18.5. The van der Waals surface area contributed by atoms with Crippen molar-refractivity contribution < 1.29 is 4.74 Å². The van der Waals surface area contributed by atoms with Crippen molar-refractivity contribution in [2.45, 2.75) is 6.54 Å². The standard InChI is InChI=1S/C17H16N2O/c1-20-17-16-8-7-15(11-14(16)9-10-18-17)19-12-13-5-3-2-4-6-13/h2-11,19H,12H2,1H3. The van der Waals surface area contributed by atoms with E-state index in [-0.39, 0.29) is 0 Å². The monoisotopic (exact) mass is 264 g/mol. The molecule has 3 rings (SSSR count). The Hall–Kier alpha value is -2.55. The molecule has 1 N–H and O–H groups in total. The molecule has 0 bridgehead atoms. The lowest BCUT2D eigenvalue weighted by Gasteiger charge is -2.09. The fraction of sp³-hybridized carbons (Fsp3) is 0.118. The van der Waals surface area contributed by atoms with Crippen LogP contribution in [-0.4, -0.2) is 12.1 Å². The zero-order chi connectivity index (χ0) is 13.8. The van der Waals surface area contributed by atoms with Crippen LogP contribution >= 0.6 is 0 Å². The average molecular weight is 264 g/mol. The molecule has 1 heterocycles. The van der Waals surface area contributed by atoms with E-state index in [1.807, 2.05) is 30.3 Å². The molecule has 0 saturated heterocycles. The first-order chi connectivity index (χ1) is 9.86. The first kappa shape index (κ1) is 12.5. The van der Waals surface area contributed by atoms with Crippen LogP contribution in [0.15, 0.2) is 60.8 Å². The van der Waals surface area contributed by atoms with Crippen molar-refractivity contribution >= 4 is 16.5 Å². The molecule has 100 valence electrons. The highest BCUT2D eigenvalue weighted by atomic mass is 16.5. The van der Waals surface area contributed by atoms with Crippen LogP contribution in [0.1, 0.15) is 5.56 Å². The SMILES string of the molecule is COc1nccc2cc(NCc3ccccc3)ccc12. The molecule has 3 heteroatoms. The van der Waals surface area contributed by atoms with Gasteiger partial charge in [-0.3, -0.25) is 0 Å². The molecule has 3 aromatic rings. The highest BCUT2D eigenvalue weighted by molar-refractivity contribution is 5.89. The van der Waals surface area contributed by atoms with Crippen LogP contribution in [-0.2, 0) is 6.54 Å². The van der Waals surface area contributed by atoms with Crippen molar-refractivity contribution in [1.29, 1.82) is 0 Å². The van der Waals surface area contributed by atoms with Gasteiger partial charge >= 0.3 is 0 Å². The van der Waals surface area contributed by atoms with Gasteiger partial charge in [0.15, 0.2) is 0 Å². The third-order valence-corrected chi connectivity index (χ3v) is 3.26. The molecule has 0 fully saturated rings. The van der Waals surface area contributed by atoms with E-state index >= 15 is 0 Å². The maximum Gasteiger partial charge on any atom is 0.221 e. The Morgan fingerprint density at radius 3 is 2.70 bits per heavy atom. The van der Waals surface area contributed by atoms with Crippen LogP contribution in [0.2, 0.25) is 0 Å². The van der Waals surface area contributed by atoms with Crippen molar-refractivity contribution in [2.24, 2.45) is 0 Å². The summed E-state index contributed by atoms with van der Waals surface area (Å²) in [5.41, 5.74) is 2.36. The molecule has 0 saturated carbocycles. The molecule has 2 aromatic carbocycles.